The van der Waals surface area contributed by atoms with Crippen LogP contribution >= 0.6 is 0 Å². The highest BCUT2D eigenvalue weighted by molar-refractivity contribution is 5.61. The molecule has 82 valence electrons. The van der Waals surface area contributed by atoms with Crippen LogP contribution in [0.25, 0.3) is 0 Å². The van der Waals surface area contributed by atoms with Gasteiger partial charge in [0.1, 0.15) is 6.61 Å². The maximum atomic E-state index is 10.6. The minimum atomic E-state index is -1.09. The molecule has 5 nitrogen and oxygen atoms in total. The average molecular weight is 204 g/mol. The molecule has 1 aliphatic rings. The van der Waals surface area contributed by atoms with Gasteiger partial charge in [-0.15, -0.1) is 0 Å². The number of aliphatic hydroxyl groups is 1. The first-order chi connectivity index (χ1) is 6.63. The van der Waals surface area contributed by atoms with Crippen molar-refractivity contribution in [2.75, 3.05) is 6.61 Å². The molecule has 0 aromatic rings. The summed E-state index contributed by atoms with van der Waals surface area (Å²) in [7, 11) is 0. The van der Waals surface area contributed by atoms with Crippen LogP contribution in [0.5, 0.6) is 0 Å². The van der Waals surface area contributed by atoms with E-state index in [2.05, 4.69) is 9.47 Å². The van der Waals surface area contributed by atoms with Gasteiger partial charge >= 0.3 is 6.16 Å². The van der Waals surface area contributed by atoms with Crippen LogP contribution in [0, 0.1) is 0 Å². The van der Waals surface area contributed by atoms with Crippen LogP contribution in [0.4, 0.5) is 4.79 Å². The van der Waals surface area contributed by atoms with Crippen LogP contribution in [0.2, 0.25) is 0 Å². The summed E-state index contributed by atoms with van der Waals surface area (Å²) in [6, 6.07) is 0. The van der Waals surface area contributed by atoms with Gasteiger partial charge in [-0.25, -0.2) is 4.79 Å². The second-order valence-corrected chi connectivity index (χ2v) is 3.34. The smallest absolute Gasteiger partial charge is 0.430 e. The number of cyclic esters (lactones) is 2. The Morgan fingerprint density at radius 3 is 2.93 bits per heavy atom. The Morgan fingerprint density at radius 2 is 2.43 bits per heavy atom. The summed E-state index contributed by atoms with van der Waals surface area (Å²) in [6.07, 6.45) is -0.743. The van der Waals surface area contributed by atoms with Gasteiger partial charge in [-0.1, -0.05) is 13.3 Å². The Hall–Kier alpha value is -0.810. The first-order valence-electron chi connectivity index (χ1n) is 4.80. The van der Waals surface area contributed by atoms with Crippen molar-refractivity contribution in [1.82, 2.24) is 0 Å². The molecule has 0 bridgehead atoms. The number of aliphatic hydroxyl groups excluding tert-OH is 1. The van der Waals surface area contributed by atoms with E-state index in [0.717, 1.165) is 12.8 Å². The molecule has 1 rings (SSSR count). The first-order valence-corrected chi connectivity index (χ1v) is 4.80. The van der Waals surface area contributed by atoms with Crippen molar-refractivity contribution in [2.24, 2.45) is 0 Å². The van der Waals surface area contributed by atoms with E-state index in [-0.39, 0.29) is 12.7 Å². The van der Waals surface area contributed by atoms with Crippen molar-refractivity contribution in [3.8, 4) is 0 Å². The Balaban J connectivity index is 2.27. The fourth-order valence-corrected chi connectivity index (χ4v) is 1.28. The van der Waals surface area contributed by atoms with Crippen LogP contribution in [0.15, 0.2) is 0 Å². The number of carbonyl (C=O) groups excluding carboxylic acids is 1. The van der Waals surface area contributed by atoms with Gasteiger partial charge in [0.25, 0.3) is 0 Å². The molecule has 0 aromatic carbocycles. The molecule has 3 unspecified atom stereocenters. The van der Waals surface area contributed by atoms with Crippen molar-refractivity contribution in [3.63, 3.8) is 0 Å². The molecule has 1 heterocycles. The zero-order chi connectivity index (χ0) is 10.6. The van der Waals surface area contributed by atoms with Gasteiger partial charge in [-0.2, -0.15) is 0 Å². The summed E-state index contributed by atoms with van der Waals surface area (Å²) < 4.78 is 14.4. The zero-order valence-corrected chi connectivity index (χ0v) is 8.43. The lowest BCUT2D eigenvalue weighted by molar-refractivity contribution is -0.176. The summed E-state index contributed by atoms with van der Waals surface area (Å²) >= 11 is 0. The number of hydrogen-bond acceptors (Lipinski definition) is 5. The SMILES string of the molecule is CCCC(C)OC(O)C1COC(=O)O1. The Morgan fingerprint density at radius 1 is 1.71 bits per heavy atom. The predicted octanol–water partition coefficient (Wildman–Crippen LogP) is 1.05. The first kappa shape index (κ1) is 11.3. The minimum Gasteiger partial charge on any atom is -0.430 e. The van der Waals surface area contributed by atoms with Crippen molar-refractivity contribution in [1.29, 1.82) is 0 Å². The second kappa shape index (κ2) is 5.17. The number of rotatable bonds is 5. The molecular formula is C9H16O5. The summed E-state index contributed by atoms with van der Waals surface area (Å²) in [5.74, 6) is 0. The highest BCUT2D eigenvalue weighted by atomic mass is 16.8. The monoisotopic (exact) mass is 204 g/mol. The number of ether oxygens (including phenoxy) is 3. The molecule has 0 saturated carbocycles. The van der Waals surface area contributed by atoms with Gasteiger partial charge in [0.2, 0.25) is 0 Å². The lowest BCUT2D eigenvalue weighted by Crippen LogP contribution is -2.33. The largest absolute Gasteiger partial charge is 0.508 e. The maximum absolute atomic E-state index is 10.6. The van der Waals surface area contributed by atoms with E-state index in [4.69, 9.17) is 4.74 Å². The van der Waals surface area contributed by atoms with E-state index in [1.54, 1.807) is 0 Å². The van der Waals surface area contributed by atoms with Gasteiger partial charge in [-0.3, -0.25) is 0 Å². The third-order valence-electron chi connectivity index (χ3n) is 2.00. The number of hydrogen-bond donors (Lipinski definition) is 1. The maximum Gasteiger partial charge on any atom is 0.508 e. The molecule has 3 atom stereocenters. The molecule has 1 N–H and O–H groups in total. The van der Waals surface area contributed by atoms with E-state index in [0.29, 0.717) is 0 Å². The Kier molecular flexibility index (Phi) is 4.16. The van der Waals surface area contributed by atoms with E-state index >= 15 is 0 Å². The van der Waals surface area contributed by atoms with E-state index in [1.165, 1.54) is 0 Å². The molecule has 0 aliphatic carbocycles. The van der Waals surface area contributed by atoms with E-state index in [9.17, 15) is 9.90 Å². The molecular weight excluding hydrogens is 188 g/mol. The van der Waals surface area contributed by atoms with Crippen molar-refractivity contribution in [3.05, 3.63) is 0 Å². The van der Waals surface area contributed by atoms with Crippen molar-refractivity contribution < 1.29 is 24.1 Å². The van der Waals surface area contributed by atoms with Crippen LogP contribution in [-0.4, -0.2) is 36.4 Å². The van der Waals surface area contributed by atoms with Crippen LogP contribution in [-0.2, 0) is 14.2 Å². The molecule has 0 radical (unpaired) electrons. The van der Waals surface area contributed by atoms with Gasteiger partial charge in [-0.05, 0) is 13.3 Å². The summed E-state index contributed by atoms with van der Waals surface area (Å²) in [6.45, 7) is 3.95. The molecule has 0 spiro atoms. The summed E-state index contributed by atoms with van der Waals surface area (Å²) in [5.41, 5.74) is 0. The predicted molar refractivity (Wildman–Crippen MR) is 47.7 cm³/mol. The third-order valence-corrected chi connectivity index (χ3v) is 2.00. The molecule has 0 amide bonds. The highest BCUT2D eigenvalue weighted by Gasteiger charge is 2.32. The van der Waals surface area contributed by atoms with Crippen LogP contribution < -0.4 is 0 Å². The lowest BCUT2D eigenvalue weighted by Gasteiger charge is -2.20. The molecule has 5 heteroatoms. The van der Waals surface area contributed by atoms with Crippen molar-refractivity contribution >= 4 is 6.16 Å². The van der Waals surface area contributed by atoms with E-state index in [1.807, 2.05) is 13.8 Å². The third kappa shape index (κ3) is 3.16. The summed E-state index contributed by atoms with van der Waals surface area (Å²) in [4.78, 5) is 10.6. The zero-order valence-electron chi connectivity index (χ0n) is 8.43. The van der Waals surface area contributed by atoms with Gasteiger partial charge in [0, 0.05) is 0 Å². The minimum absolute atomic E-state index is 0.0469. The molecule has 0 aromatic heterocycles. The van der Waals surface area contributed by atoms with Gasteiger partial charge in [0.15, 0.2) is 12.4 Å². The fraction of sp³-hybridized carbons (Fsp3) is 0.889. The Bertz CT molecular complexity index is 194. The van der Waals surface area contributed by atoms with Crippen LogP contribution in [0.1, 0.15) is 26.7 Å². The van der Waals surface area contributed by atoms with Crippen LogP contribution in [0.3, 0.4) is 0 Å². The topological polar surface area (TPSA) is 65.0 Å². The molecule has 1 aliphatic heterocycles. The van der Waals surface area contributed by atoms with E-state index < -0.39 is 18.5 Å². The quantitative estimate of drug-likeness (QED) is 0.535. The lowest BCUT2D eigenvalue weighted by atomic mass is 10.2. The fourth-order valence-electron chi connectivity index (χ4n) is 1.28. The molecule has 1 saturated heterocycles. The van der Waals surface area contributed by atoms with Crippen molar-refractivity contribution in [2.45, 2.75) is 45.2 Å². The second-order valence-electron chi connectivity index (χ2n) is 3.34. The highest BCUT2D eigenvalue weighted by Crippen LogP contribution is 2.14. The normalized spacial score (nSPS) is 25.4. The molecule has 1 fully saturated rings. The molecule has 14 heavy (non-hydrogen) atoms. The average Bonchev–Trinajstić information content (AvgIpc) is 2.52. The van der Waals surface area contributed by atoms with Gasteiger partial charge < -0.3 is 19.3 Å². The standard InChI is InChI=1S/C9H16O5/c1-3-4-6(2)13-8(10)7-5-12-9(11)14-7/h6-8,10H,3-5H2,1-2H3. The number of carbonyl (C=O) groups is 1. The summed E-state index contributed by atoms with van der Waals surface area (Å²) in [5, 5.41) is 9.48. The Labute approximate surface area is 82.9 Å². The van der Waals surface area contributed by atoms with Gasteiger partial charge in [0.05, 0.1) is 6.10 Å².